The van der Waals surface area contributed by atoms with E-state index in [0.717, 1.165) is 44.6 Å². The van der Waals surface area contributed by atoms with Crippen LogP contribution in [0.4, 0.5) is 5.69 Å². The van der Waals surface area contributed by atoms with Crippen molar-refractivity contribution in [3.63, 3.8) is 0 Å². The Bertz CT molecular complexity index is 471. The van der Waals surface area contributed by atoms with Crippen molar-refractivity contribution in [2.24, 2.45) is 5.92 Å². The summed E-state index contributed by atoms with van der Waals surface area (Å²) in [4.78, 5) is 14.7. The monoisotopic (exact) mass is 294 g/mol. The first-order valence-electron chi connectivity index (χ1n) is 7.38. The molecule has 2 heterocycles. The smallest absolute Gasteiger partial charge is 0.231 e. The maximum Gasteiger partial charge on any atom is 0.231 e. The fraction of sp³-hybridized carbons (Fsp3) is 0.562. The maximum atomic E-state index is 12.7. The minimum Gasteiger partial charge on any atom is -0.316 e. The molecule has 3 nitrogen and oxygen atoms in total. The summed E-state index contributed by atoms with van der Waals surface area (Å²) < 4.78 is 0. The van der Waals surface area contributed by atoms with Gasteiger partial charge in [0.2, 0.25) is 5.91 Å². The molecule has 1 aromatic carbocycles. The van der Waals surface area contributed by atoms with Gasteiger partial charge in [0.25, 0.3) is 0 Å². The number of piperidine rings is 1. The molecule has 0 spiro atoms. The van der Waals surface area contributed by atoms with Crippen LogP contribution in [0.25, 0.3) is 0 Å². The number of nitrogens with one attached hydrogen (secondary N) is 1. The molecule has 0 aliphatic carbocycles. The van der Waals surface area contributed by atoms with Crippen LogP contribution in [-0.2, 0) is 4.79 Å². The standard InChI is InChI=1S/C16H22N2O.ClH/c1-12-8-10-18(15-7-3-2-6-14(12)15)16(19)13-5-4-9-17-11-13;/h2-3,6-7,12-13,17H,4-5,8-11H2,1H3;1H/t12?,13-;/m1./s1. The second-order valence-electron chi connectivity index (χ2n) is 5.78. The first-order valence-corrected chi connectivity index (χ1v) is 7.38. The quantitative estimate of drug-likeness (QED) is 0.864. The summed E-state index contributed by atoms with van der Waals surface area (Å²) in [6.07, 6.45) is 3.21. The van der Waals surface area contributed by atoms with Gasteiger partial charge in [0.15, 0.2) is 0 Å². The molecule has 1 saturated heterocycles. The highest BCUT2D eigenvalue weighted by Crippen LogP contribution is 2.35. The number of nitrogens with zero attached hydrogens (tertiary/aromatic N) is 1. The van der Waals surface area contributed by atoms with Crippen LogP contribution in [0.15, 0.2) is 24.3 Å². The number of anilines is 1. The third-order valence-corrected chi connectivity index (χ3v) is 4.46. The van der Waals surface area contributed by atoms with E-state index in [-0.39, 0.29) is 18.3 Å². The Labute approximate surface area is 127 Å². The van der Waals surface area contributed by atoms with Gasteiger partial charge in [0, 0.05) is 18.8 Å². The van der Waals surface area contributed by atoms with Crippen LogP contribution in [0, 0.1) is 5.92 Å². The normalized spacial score (nSPS) is 25.6. The minimum absolute atomic E-state index is 0. The first-order chi connectivity index (χ1) is 9.27. The number of carbonyl (C=O) groups excluding carboxylic acids is 1. The van der Waals surface area contributed by atoms with Crippen molar-refractivity contribution in [1.29, 1.82) is 0 Å². The number of rotatable bonds is 1. The van der Waals surface area contributed by atoms with E-state index in [9.17, 15) is 4.79 Å². The number of hydrogen-bond acceptors (Lipinski definition) is 2. The number of carbonyl (C=O) groups is 1. The van der Waals surface area contributed by atoms with Crippen LogP contribution in [0.1, 0.15) is 37.7 Å². The van der Waals surface area contributed by atoms with Crippen LogP contribution in [0.3, 0.4) is 0 Å². The van der Waals surface area contributed by atoms with Gasteiger partial charge in [-0.05, 0) is 43.4 Å². The lowest BCUT2D eigenvalue weighted by Crippen LogP contribution is -2.45. The van der Waals surface area contributed by atoms with Crippen molar-refractivity contribution >= 4 is 24.0 Å². The van der Waals surface area contributed by atoms with E-state index in [1.807, 2.05) is 11.0 Å². The van der Waals surface area contributed by atoms with E-state index in [1.54, 1.807) is 0 Å². The Morgan fingerprint density at radius 3 is 2.85 bits per heavy atom. The Kier molecular flexibility index (Phi) is 5.06. The number of benzene rings is 1. The average Bonchev–Trinajstić information content (AvgIpc) is 2.48. The molecule has 1 N–H and O–H groups in total. The minimum atomic E-state index is 0. The van der Waals surface area contributed by atoms with E-state index < -0.39 is 0 Å². The predicted octanol–water partition coefficient (Wildman–Crippen LogP) is 2.95. The molecule has 20 heavy (non-hydrogen) atoms. The van der Waals surface area contributed by atoms with E-state index in [4.69, 9.17) is 0 Å². The average molecular weight is 295 g/mol. The molecule has 110 valence electrons. The first kappa shape index (κ1) is 15.3. The third kappa shape index (κ3) is 2.84. The van der Waals surface area contributed by atoms with Crippen LogP contribution >= 0.6 is 12.4 Å². The molecule has 0 saturated carbocycles. The molecule has 2 aliphatic heterocycles. The van der Waals surface area contributed by atoms with Gasteiger partial charge in [-0.25, -0.2) is 0 Å². The highest BCUT2D eigenvalue weighted by molar-refractivity contribution is 5.96. The van der Waals surface area contributed by atoms with Crippen molar-refractivity contribution in [3.05, 3.63) is 29.8 Å². The second kappa shape index (κ2) is 6.59. The van der Waals surface area contributed by atoms with E-state index in [0.29, 0.717) is 11.8 Å². The zero-order chi connectivity index (χ0) is 13.2. The number of para-hydroxylation sites is 1. The number of fused-ring (bicyclic) bond motifs is 1. The molecule has 2 atom stereocenters. The zero-order valence-electron chi connectivity index (χ0n) is 12.0. The van der Waals surface area contributed by atoms with Crippen molar-refractivity contribution in [2.45, 2.75) is 32.1 Å². The Balaban J connectivity index is 0.00000147. The lowest BCUT2D eigenvalue weighted by molar-refractivity contribution is -0.123. The fourth-order valence-electron chi connectivity index (χ4n) is 3.26. The van der Waals surface area contributed by atoms with Crippen LogP contribution in [0.2, 0.25) is 0 Å². The SMILES string of the molecule is CC1CCN(C(=O)[C@@H]2CCCNC2)c2ccccc21.Cl. The van der Waals surface area contributed by atoms with Crippen molar-refractivity contribution < 1.29 is 4.79 Å². The topological polar surface area (TPSA) is 32.3 Å². The van der Waals surface area contributed by atoms with Gasteiger partial charge in [-0.1, -0.05) is 25.1 Å². The molecule has 0 aromatic heterocycles. The zero-order valence-corrected chi connectivity index (χ0v) is 12.8. The van der Waals surface area contributed by atoms with Crippen LogP contribution in [-0.4, -0.2) is 25.5 Å². The number of amides is 1. The third-order valence-electron chi connectivity index (χ3n) is 4.46. The summed E-state index contributed by atoms with van der Waals surface area (Å²) >= 11 is 0. The van der Waals surface area contributed by atoms with E-state index >= 15 is 0 Å². The highest BCUT2D eigenvalue weighted by Gasteiger charge is 2.31. The lowest BCUT2D eigenvalue weighted by atomic mass is 9.89. The Hall–Kier alpha value is -1.06. The maximum absolute atomic E-state index is 12.7. The summed E-state index contributed by atoms with van der Waals surface area (Å²) in [5.41, 5.74) is 2.46. The molecule has 3 rings (SSSR count). The number of hydrogen-bond donors (Lipinski definition) is 1. The highest BCUT2D eigenvalue weighted by atomic mass is 35.5. The van der Waals surface area contributed by atoms with Gasteiger partial charge >= 0.3 is 0 Å². The van der Waals surface area contributed by atoms with Crippen molar-refractivity contribution in [1.82, 2.24) is 5.32 Å². The molecule has 2 aliphatic rings. The molecule has 1 aromatic rings. The molecule has 1 fully saturated rings. The summed E-state index contributed by atoms with van der Waals surface area (Å²) in [5.74, 6) is 1.03. The second-order valence-corrected chi connectivity index (χ2v) is 5.78. The molecule has 1 unspecified atom stereocenters. The van der Waals surface area contributed by atoms with Gasteiger partial charge in [0.05, 0.1) is 5.92 Å². The Morgan fingerprint density at radius 2 is 2.10 bits per heavy atom. The van der Waals surface area contributed by atoms with Crippen LogP contribution < -0.4 is 10.2 Å². The summed E-state index contributed by atoms with van der Waals surface area (Å²) in [6.45, 7) is 5.01. The molecule has 1 amide bonds. The van der Waals surface area contributed by atoms with Crippen LogP contribution in [0.5, 0.6) is 0 Å². The Morgan fingerprint density at radius 1 is 1.30 bits per heavy atom. The van der Waals surface area contributed by atoms with Gasteiger partial charge in [-0.2, -0.15) is 0 Å². The molecular weight excluding hydrogens is 272 g/mol. The lowest BCUT2D eigenvalue weighted by Gasteiger charge is -2.36. The van der Waals surface area contributed by atoms with Crippen molar-refractivity contribution in [3.8, 4) is 0 Å². The molecular formula is C16H23ClN2O. The molecule has 0 bridgehead atoms. The van der Waals surface area contributed by atoms with E-state index in [1.165, 1.54) is 5.56 Å². The largest absolute Gasteiger partial charge is 0.316 e. The van der Waals surface area contributed by atoms with Crippen molar-refractivity contribution in [2.75, 3.05) is 24.5 Å². The van der Waals surface area contributed by atoms with Gasteiger partial charge in [-0.3, -0.25) is 4.79 Å². The summed E-state index contributed by atoms with van der Waals surface area (Å²) in [7, 11) is 0. The van der Waals surface area contributed by atoms with Gasteiger partial charge in [-0.15, -0.1) is 12.4 Å². The fourth-order valence-corrected chi connectivity index (χ4v) is 3.26. The predicted molar refractivity (Wildman–Crippen MR) is 84.7 cm³/mol. The molecule has 0 radical (unpaired) electrons. The summed E-state index contributed by atoms with van der Waals surface area (Å²) in [5, 5.41) is 3.34. The van der Waals surface area contributed by atoms with Gasteiger partial charge in [0.1, 0.15) is 0 Å². The van der Waals surface area contributed by atoms with E-state index in [2.05, 4.69) is 30.4 Å². The van der Waals surface area contributed by atoms with Gasteiger partial charge < -0.3 is 10.2 Å². The summed E-state index contributed by atoms with van der Waals surface area (Å²) in [6, 6.07) is 8.37. The molecule has 4 heteroatoms. The number of halogens is 1.